The fraction of sp³-hybridized carbons (Fsp3) is 0.353. The van der Waals surface area contributed by atoms with E-state index >= 15 is 0 Å². The first kappa shape index (κ1) is 15.3. The van der Waals surface area contributed by atoms with Crippen molar-refractivity contribution in [3.8, 4) is 0 Å². The summed E-state index contributed by atoms with van der Waals surface area (Å²) >= 11 is 0. The molecule has 0 radical (unpaired) electrons. The van der Waals surface area contributed by atoms with Gasteiger partial charge in [0.05, 0.1) is 5.69 Å². The molecule has 23 heavy (non-hydrogen) atoms. The third-order valence-corrected chi connectivity index (χ3v) is 3.85. The smallest absolute Gasteiger partial charge is 0.330 e. The first-order valence-electron chi connectivity index (χ1n) is 7.52. The van der Waals surface area contributed by atoms with Crippen LogP contribution in [0.4, 0.5) is 0 Å². The van der Waals surface area contributed by atoms with Crippen molar-refractivity contribution in [2.75, 3.05) is 0 Å². The standard InChI is InChI=1S/C17H18N2O4/c1-9-5-10(2)7-12(6-9)15(17(21)22)18-16(20)14-8-13(19-23-14)11-3-4-11/h5-8,11,15H,3-4H2,1-2H3,(H,18,20)(H,21,22). The Bertz CT molecular complexity index is 741. The lowest BCUT2D eigenvalue weighted by Crippen LogP contribution is -2.33. The number of nitrogens with zero attached hydrogens (tertiary/aromatic N) is 1. The number of amides is 1. The lowest BCUT2D eigenvalue weighted by molar-refractivity contribution is -0.139. The number of aliphatic carboxylic acids is 1. The summed E-state index contributed by atoms with van der Waals surface area (Å²) in [6, 6.07) is 5.91. The van der Waals surface area contributed by atoms with E-state index in [1.54, 1.807) is 18.2 Å². The molecule has 1 aromatic carbocycles. The molecular formula is C17H18N2O4. The Morgan fingerprint density at radius 1 is 1.22 bits per heavy atom. The summed E-state index contributed by atoms with van der Waals surface area (Å²) in [5.74, 6) is -1.28. The second-order valence-electron chi connectivity index (χ2n) is 6.06. The Kier molecular flexibility index (Phi) is 3.90. The van der Waals surface area contributed by atoms with E-state index in [4.69, 9.17) is 4.52 Å². The molecule has 1 atom stereocenters. The van der Waals surface area contributed by atoms with Crippen molar-refractivity contribution in [1.82, 2.24) is 10.5 Å². The molecule has 0 bridgehead atoms. The van der Waals surface area contributed by atoms with Gasteiger partial charge in [-0.25, -0.2) is 4.79 Å². The molecule has 1 fully saturated rings. The molecule has 1 unspecified atom stereocenters. The molecular weight excluding hydrogens is 296 g/mol. The maximum Gasteiger partial charge on any atom is 0.330 e. The minimum Gasteiger partial charge on any atom is -0.479 e. The van der Waals surface area contributed by atoms with Crippen LogP contribution in [0.1, 0.15) is 57.7 Å². The maximum absolute atomic E-state index is 12.3. The zero-order chi connectivity index (χ0) is 16.6. The molecule has 6 heteroatoms. The van der Waals surface area contributed by atoms with Gasteiger partial charge in [-0.1, -0.05) is 34.5 Å². The number of carbonyl (C=O) groups excluding carboxylic acids is 1. The van der Waals surface area contributed by atoms with Gasteiger partial charge in [0.15, 0.2) is 6.04 Å². The summed E-state index contributed by atoms with van der Waals surface area (Å²) in [4.78, 5) is 23.8. The number of hydrogen-bond donors (Lipinski definition) is 2. The first-order valence-corrected chi connectivity index (χ1v) is 7.52. The van der Waals surface area contributed by atoms with Crippen molar-refractivity contribution < 1.29 is 19.2 Å². The van der Waals surface area contributed by atoms with Gasteiger partial charge in [0.1, 0.15) is 0 Å². The van der Waals surface area contributed by atoms with Gasteiger partial charge in [-0.15, -0.1) is 0 Å². The molecule has 120 valence electrons. The van der Waals surface area contributed by atoms with E-state index in [1.165, 1.54) is 0 Å². The van der Waals surface area contributed by atoms with Crippen molar-refractivity contribution in [2.45, 2.75) is 38.6 Å². The van der Waals surface area contributed by atoms with Gasteiger partial charge in [0.2, 0.25) is 5.76 Å². The highest BCUT2D eigenvalue weighted by molar-refractivity contribution is 5.94. The zero-order valence-corrected chi connectivity index (χ0v) is 13.0. The van der Waals surface area contributed by atoms with Crippen molar-refractivity contribution in [1.29, 1.82) is 0 Å². The van der Waals surface area contributed by atoms with Gasteiger partial charge >= 0.3 is 5.97 Å². The molecule has 2 N–H and O–H groups in total. The first-order chi connectivity index (χ1) is 10.9. The fourth-order valence-electron chi connectivity index (χ4n) is 2.63. The molecule has 3 rings (SSSR count). The second kappa shape index (κ2) is 5.87. The van der Waals surface area contributed by atoms with Gasteiger partial charge in [-0.2, -0.15) is 0 Å². The second-order valence-corrected chi connectivity index (χ2v) is 6.06. The van der Waals surface area contributed by atoms with Crippen LogP contribution in [0.15, 0.2) is 28.8 Å². The van der Waals surface area contributed by atoms with Crippen molar-refractivity contribution in [3.05, 3.63) is 52.4 Å². The molecule has 1 amide bonds. The summed E-state index contributed by atoms with van der Waals surface area (Å²) in [5.41, 5.74) is 3.17. The normalized spacial score (nSPS) is 15.2. The van der Waals surface area contributed by atoms with Crippen LogP contribution in [-0.4, -0.2) is 22.1 Å². The van der Waals surface area contributed by atoms with Crippen LogP contribution in [0, 0.1) is 13.8 Å². The number of aromatic nitrogens is 1. The Labute approximate surface area is 133 Å². The molecule has 1 aliphatic carbocycles. The van der Waals surface area contributed by atoms with Gasteiger partial charge in [-0.3, -0.25) is 4.79 Å². The van der Waals surface area contributed by atoms with E-state index in [-0.39, 0.29) is 5.76 Å². The van der Waals surface area contributed by atoms with Crippen LogP contribution in [0.25, 0.3) is 0 Å². The van der Waals surface area contributed by atoms with E-state index in [1.807, 2.05) is 19.9 Å². The van der Waals surface area contributed by atoms with Crippen LogP contribution < -0.4 is 5.32 Å². The molecule has 6 nitrogen and oxygen atoms in total. The minimum absolute atomic E-state index is 0.0440. The third kappa shape index (κ3) is 3.41. The Hall–Kier alpha value is -2.63. The van der Waals surface area contributed by atoms with Gasteiger partial charge in [-0.05, 0) is 32.3 Å². The quantitative estimate of drug-likeness (QED) is 0.885. The van der Waals surface area contributed by atoms with Crippen LogP contribution in [0.3, 0.4) is 0 Å². The Balaban J connectivity index is 1.80. The summed E-state index contributed by atoms with van der Waals surface area (Å²) in [5, 5.41) is 15.8. The van der Waals surface area contributed by atoms with Crippen LogP contribution in [-0.2, 0) is 4.79 Å². The summed E-state index contributed by atoms with van der Waals surface area (Å²) in [6.45, 7) is 3.77. The number of aryl methyl sites for hydroxylation is 2. The highest BCUT2D eigenvalue weighted by atomic mass is 16.5. The molecule has 0 spiro atoms. The summed E-state index contributed by atoms with van der Waals surface area (Å²) in [7, 11) is 0. The number of rotatable bonds is 5. The van der Waals surface area contributed by atoms with Crippen molar-refractivity contribution in [2.24, 2.45) is 0 Å². The van der Waals surface area contributed by atoms with E-state index < -0.39 is 17.9 Å². The zero-order valence-electron chi connectivity index (χ0n) is 13.0. The van der Waals surface area contributed by atoms with Crippen molar-refractivity contribution >= 4 is 11.9 Å². The number of nitrogens with one attached hydrogen (secondary N) is 1. The molecule has 1 heterocycles. The SMILES string of the molecule is Cc1cc(C)cc(C(NC(=O)c2cc(C3CC3)no2)C(=O)O)c1. The molecule has 0 aliphatic heterocycles. The Morgan fingerprint density at radius 2 is 1.87 bits per heavy atom. The summed E-state index contributed by atoms with van der Waals surface area (Å²) in [6.07, 6.45) is 2.10. The monoisotopic (exact) mass is 314 g/mol. The predicted octanol–water partition coefficient (Wildman–Crippen LogP) is 2.72. The average Bonchev–Trinajstić information content (AvgIpc) is 3.20. The number of carbonyl (C=O) groups is 2. The van der Waals surface area contributed by atoms with Crippen LogP contribution in [0.5, 0.6) is 0 Å². The van der Waals surface area contributed by atoms with Crippen LogP contribution in [0.2, 0.25) is 0 Å². The Morgan fingerprint density at radius 3 is 2.43 bits per heavy atom. The largest absolute Gasteiger partial charge is 0.479 e. The summed E-state index contributed by atoms with van der Waals surface area (Å²) < 4.78 is 5.04. The third-order valence-electron chi connectivity index (χ3n) is 3.85. The maximum atomic E-state index is 12.3. The molecule has 0 saturated heterocycles. The van der Waals surface area contributed by atoms with E-state index in [0.29, 0.717) is 11.5 Å². The molecule has 1 saturated carbocycles. The minimum atomic E-state index is -1.13. The van der Waals surface area contributed by atoms with E-state index in [0.717, 1.165) is 29.7 Å². The van der Waals surface area contributed by atoms with Gasteiger partial charge in [0, 0.05) is 12.0 Å². The number of benzene rings is 1. The molecule has 2 aromatic rings. The predicted molar refractivity (Wildman–Crippen MR) is 82.2 cm³/mol. The fourth-order valence-corrected chi connectivity index (χ4v) is 2.63. The van der Waals surface area contributed by atoms with Gasteiger partial charge in [0.25, 0.3) is 5.91 Å². The number of carboxylic acids is 1. The molecule has 1 aliphatic rings. The van der Waals surface area contributed by atoms with E-state index in [2.05, 4.69) is 10.5 Å². The lowest BCUT2D eigenvalue weighted by atomic mass is 10.0. The van der Waals surface area contributed by atoms with Gasteiger partial charge < -0.3 is 14.9 Å². The number of hydrogen-bond acceptors (Lipinski definition) is 4. The van der Waals surface area contributed by atoms with Crippen LogP contribution >= 0.6 is 0 Å². The average molecular weight is 314 g/mol. The lowest BCUT2D eigenvalue weighted by Gasteiger charge is -2.15. The highest BCUT2D eigenvalue weighted by Crippen LogP contribution is 2.39. The molecule has 1 aromatic heterocycles. The highest BCUT2D eigenvalue weighted by Gasteiger charge is 2.30. The topological polar surface area (TPSA) is 92.4 Å². The van der Waals surface area contributed by atoms with Crippen molar-refractivity contribution in [3.63, 3.8) is 0 Å². The number of carboxylic acid groups (broad SMARTS) is 1. The van der Waals surface area contributed by atoms with E-state index in [9.17, 15) is 14.7 Å².